The van der Waals surface area contributed by atoms with Gasteiger partial charge < -0.3 is 4.74 Å². The Bertz CT molecular complexity index is 48.8. The van der Waals surface area contributed by atoms with Crippen LogP contribution < -0.4 is 0 Å². The minimum Gasteiger partial charge on any atom is -0.489 e. The molecule has 0 fully saturated rings. The van der Waals surface area contributed by atoms with Crippen molar-refractivity contribution in [1.82, 2.24) is 0 Å². The first-order valence-electron chi connectivity index (χ1n) is 1.44. The molecule has 0 atom stereocenters. The van der Waals surface area contributed by atoms with Crippen LogP contribution >= 0.6 is 23.8 Å². The molecule has 0 saturated heterocycles. The first-order chi connectivity index (χ1) is 2.81. The van der Waals surface area contributed by atoms with Crippen LogP contribution in [-0.2, 0) is 4.74 Å². The lowest BCUT2D eigenvalue weighted by Gasteiger charge is -1.90. The van der Waals surface area contributed by atoms with Crippen molar-refractivity contribution in [2.45, 2.75) is 0 Å². The number of methoxy groups -OCH3 is 1. The highest BCUT2D eigenvalue weighted by Gasteiger charge is 1.83. The van der Waals surface area contributed by atoms with Crippen LogP contribution in [0, 0.1) is 0 Å². The molecule has 6 heavy (non-hydrogen) atoms. The fourth-order valence-corrected chi connectivity index (χ4v) is 0.164. The Labute approximate surface area is 47.2 Å². The molecule has 0 spiro atoms. The third kappa shape index (κ3) is 2.42. The summed E-state index contributed by atoms with van der Waals surface area (Å²) in [5.41, 5.74) is 0. The van der Waals surface area contributed by atoms with Crippen molar-refractivity contribution >= 4 is 28.9 Å². The summed E-state index contributed by atoms with van der Waals surface area (Å²) in [6.07, 6.45) is 0. The standard InChI is InChI=1S/C3H5ClOS/c1-5-3(6)2-4/h2H2,1H3. The van der Waals surface area contributed by atoms with Crippen LogP contribution in [0.15, 0.2) is 0 Å². The van der Waals surface area contributed by atoms with Crippen LogP contribution in [0.4, 0.5) is 0 Å². The van der Waals surface area contributed by atoms with E-state index in [-0.39, 0.29) is 0 Å². The van der Waals surface area contributed by atoms with E-state index in [4.69, 9.17) is 11.6 Å². The number of ether oxygens (including phenoxy) is 1. The zero-order chi connectivity index (χ0) is 4.99. The summed E-state index contributed by atoms with van der Waals surface area (Å²) in [7, 11) is 1.50. The highest BCUT2D eigenvalue weighted by Crippen LogP contribution is 1.80. The molecule has 3 heteroatoms. The van der Waals surface area contributed by atoms with Gasteiger partial charge in [0.25, 0.3) is 0 Å². The lowest BCUT2D eigenvalue weighted by Crippen LogP contribution is -1.96. The Morgan fingerprint density at radius 3 is 2.50 bits per heavy atom. The lowest BCUT2D eigenvalue weighted by molar-refractivity contribution is 0.412. The van der Waals surface area contributed by atoms with Crippen molar-refractivity contribution in [3.8, 4) is 0 Å². The van der Waals surface area contributed by atoms with Crippen molar-refractivity contribution in [3.63, 3.8) is 0 Å². The van der Waals surface area contributed by atoms with E-state index in [0.717, 1.165) is 0 Å². The van der Waals surface area contributed by atoms with Gasteiger partial charge in [0, 0.05) is 0 Å². The van der Waals surface area contributed by atoms with Gasteiger partial charge in [-0.3, -0.25) is 0 Å². The molecule has 0 radical (unpaired) electrons. The smallest absolute Gasteiger partial charge is 0.174 e. The molecule has 0 aromatic rings. The van der Waals surface area contributed by atoms with E-state index in [2.05, 4.69) is 17.0 Å². The topological polar surface area (TPSA) is 9.23 Å². The van der Waals surface area contributed by atoms with E-state index in [1.165, 1.54) is 7.11 Å². The molecule has 0 aliphatic heterocycles. The van der Waals surface area contributed by atoms with E-state index in [1.807, 2.05) is 0 Å². The van der Waals surface area contributed by atoms with Gasteiger partial charge in [0.15, 0.2) is 5.05 Å². The lowest BCUT2D eigenvalue weighted by atomic mass is 10.9. The zero-order valence-electron chi connectivity index (χ0n) is 3.40. The number of halogens is 1. The number of hydrogen-bond acceptors (Lipinski definition) is 2. The average Bonchev–Trinajstić information content (AvgIpc) is 1.65. The molecular weight excluding hydrogens is 120 g/mol. The van der Waals surface area contributed by atoms with Crippen molar-refractivity contribution in [1.29, 1.82) is 0 Å². The first kappa shape index (κ1) is 6.18. The molecule has 1 nitrogen and oxygen atoms in total. The number of thiocarbonyl (C=S) groups is 1. The second-order valence-electron chi connectivity index (χ2n) is 0.710. The Morgan fingerprint density at radius 2 is 2.50 bits per heavy atom. The minimum atomic E-state index is 0.311. The number of alkyl halides is 1. The summed E-state index contributed by atoms with van der Waals surface area (Å²) in [6, 6.07) is 0. The van der Waals surface area contributed by atoms with Gasteiger partial charge in [0.2, 0.25) is 0 Å². The summed E-state index contributed by atoms with van der Waals surface area (Å²) in [5.74, 6) is 0.311. The monoisotopic (exact) mass is 124 g/mol. The second kappa shape index (κ2) is 3.37. The SMILES string of the molecule is COC(=S)CCl. The molecule has 0 unspecified atom stereocenters. The summed E-state index contributed by atoms with van der Waals surface area (Å²) in [4.78, 5) is 0. The Hall–Kier alpha value is 0.180. The maximum atomic E-state index is 5.19. The maximum absolute atomic E-state index is 5.19. The van der Waals surface area contributed by atoms with E-state index >= 15 is 0 Å². The summed E-state index contributed by atoms with van der Waals surface area (Å²) in [6.45, 7) is 0. The van der Waals surface area contributed by atoms with Crippen molar-refractivity contribution in [2.24, 2.45) is 0 Å². The maximum Gasteiger partial charge on any atom is 0.174 e. The zero-order valence-corrected chi connectivity index (χ0v) is 4.97. The molecule has 36 valence electrons. The Balaban J connectivity index is 2.99. The van der Waals surface area contributed by atoms with Crippen LogP contribution in [0.5, 0.6) is 0 Å². The van der Waals surface area contributed by atoms with Crippen LogP contribution in [0.2, 0.25) is 0 Å². The van der Waals surface area contributed by atoms with Crippen LogP contribution in [-0.4, -0.2) is 18.0 Å². The van der Waals surface area contributed by atoms with Gasteiger partial charge in [-0.15, -0.1) is 11.6 Å². The van der Waals surface area contributed by atoms with Gasteiger partial charge in [0.1, 0.15) is 0 Å². The molecule has 0 bridgehead atoms. The quantitative estimate of drug-likeness (QED) is 0.384. The number of hydrogen-bond donors (Lipinski definition) is 0. The predicted octanol–water partition coefficient (Wildman–Crippen LogP) is 1.20. The predicted molar refractivity (Wildman–Crippen MR) is 30.3 cm³/mol. The van der Waals surface area contributed by atoms with Gasteiger partial charge in [0.05, 0.1) is 13.0 Å². The van der Waals surface area contributed by atoms with Crippen molar-refractivity contribution < 1.29 is 4.74 Å². The molecule has 0 aliphatic carbocycles. The highest BCUT2D eigenvalue weighted by molar-refractivity contribution is 7.80. The third-order valence-corrected chi connectivity index (χ3v) is 1.05. The van der Waals surface area contributed by atoms with Crippen LogP contribution in [0.1, 0.15) is 0 Å². The number of rotatable bonds is 1. The van der Waals surface area contributed by atoms with Crippen molar-refractivity contribution in [3.05, 3.63) is 0 Å². The van der Waals surface area contributed by atoms with Gasteiger partial charge >= 0.3 is 0 Å². The summed E-state index contributed by atoms with van der Waals surface area (Å²) < 4.78 is 4.50. The highest BCUT2D eigenvalue weighted by atomic mass is 35.5. The summed E-state index contributed by atoms with van der Waals surface area (Å²) in [5, 5.41) is 0.441. The van der Waals surface area contributed by atoms with Gasteiger partial charge in [-0.1, -0.05) is 0 Å². The largest absolute Gasteiger partial charge is 0.489 e. The molecule has 0 aromatic heterocycles. The average molecular weight is 125 g/mol. The van der Waals surface area contributed by atoms with Gasteiger partial charge in [-0.05, 0) is 12.2 Å². The second-order valence-corrected chi connectivity index (χ2v) is 1.43. The molecule has 0 aliphatic rings. The van der Waals surface area contributed by atoms with E-state index < -0.39 is 0 Å². The fourth-order valence-electron chi connectivity index (χ4n) is 0.0546. The molecular formula is C3H5ClOS. The molecule has 0 amide bonds. The fraction of sp³-hybridized carbons (Fsp3) is 0.667. The van der Waals surface area contributed by atoms with Gasteiger partial charge in [-0.25, -0.2) is 0 Å². The third-order valence-electron chi connectivity index (χ3n) is 0.337. The van der Waals surface area contributed by atoms with E-state index in [0.29, 0.717) is 10.9 Å². The molecule has 0 heterocycles. The van der Waals surface area contributed by atoms with Crippen LogP contribution in [0.25, 0.3) is 0 Å². The molecule has 0 saturated carbocycles. The van der Waals surface area contributed by atoms with E-state index in [9.17, 15) is 0 Å². The van der Waals surface area contributed by atoms with E-state index in [1.54, 1.807) is 0 Å². The van der Waals surface area contributed by atoms with Gasteiger partial charge in [-0.2, -0.15) is 0 Å². The normalized spacial score (nSPS) is 7.67. The molecule has 0 N–H and O–H groups in total. The van der Waals surface area contributed by atoms with Crippen molar-refractivity contribution in [2.75, 3.05) is 13.0 Å². The minimum absolute atomic E-state index is 0.311. The van der Waals surface area contributed by atoms with Crippen LogP contribution in [0.3, 0.4) is 0 Å². The Morgan fingerprint density at radius 1 is 2.00 bits per heavy atom. The Kier molecular flexibility index (Phi) is 3.47. The molecule has 0 rings (SSSR count). The first-order valence-corrected chi connectivity index (χ1v) is 2.38. The summed E-state index contributed by atoms with van der Waals surface area (Å²) >= 11 is 9.69. The molecule has 0 aromatic carbocycles.